The van der Waals surface area contributed by atoms with Crippen LogP contribution < -0.4 is 10.6 Å². The van der Waals surface area contributed by atoms with Crippen LogP contribution in [-0.4, -0.2) is 16.7 Å². The summed E-state index contributed by atoms with van der Waals surface area (Å²) < 4.78 is 0. The van der Waals surface area contributed by atoms with Gasteiger partial charge in [-0.25, -0.2) is 0 Å². The van der Waals surface area contributed by atoms with Crippen LogP contribution in [0.4, 0.5) is 11.5 Å². The maximum Gasteiger partial charge on any atom is 0.155 e. The molecule has 1 heterocycles. The second-order valence-electron chi connectivity index (χ2n) is 4.17. The lowest BCUT2D eigenvalue weighted by atomic mass is 10.2. The Labute approximate surface area is 107 Å². The first-order valence-electron chi connectivity index (χ1n) is 6.11. The van der Waals surface area contributed by atoms with Crippen LogP contribution in [0.15, 0.2) is 36.4 Å². The van der Waals surface area contributed by atoms with Gasteiger partial charge in [-0.3, -0.25) is 0 Å². The molecule has 18 heavy (non-hydrogen) atoms. The number of aromatic nitrogens is 2. The normalized spacial score (nSPS) is 10.4. The molecule has 4 heteroatoms. The number of rotatable bonds is 4. The highest BCUT2D eigenvalue weighted by atomic mass is 15.3. The summed E-state index contributed by atoms with van der Waals surface area (Å²) in [6, 6.07) is 12.3. The molecule has 0 unspecified atom stereocenters. The zero-order valence-corrected chi connectivity index (χ0v) is 10.8. The fourth-order valence-electron chi connectivity index (χ4n) is 1.81. The minimum Gasteiger partial charge on any atom is -0.325 e. The lowest BCUT2D eigenvalue weighted by molar-refractivity contribution is 0.870. The predicted molar refractivity (Wildman–Crippen MR) is 73.8 cm³/mol. The van der Waals surface area contributed by atoms with Crippen molar-refractivity contribution >= 4 is 11.5 Å². The average molecular weight is 242 g/mol. The molecule has 0 atom stereocenters. The molecular weight excluding hydrogens is 224 g/mol. The van der Waals surface area contributed by atoms with Gasteiger partial charge < -0.3 is 10.6 Å². The Balaban J connectivity index is 2.29. The summed E-state index contributed by atoms with van der Waals surface area (Å²) in [5, 5.41) is 8.31. The van der Waals surface area contributed by atoms with E-state index in [2.05, 4.69) is 53.2 Å². The molecule has 0 bridgehead atoms. The van der Waals surface area contributed by atoms with E-state index < -0.39 is 0 Å². The fraction of sp³-hybridized carbons (Fsp3) is 0.286. The van der Waals surface area contributed by atoms with Crippen molar-refractivity contribution in [2.24, 2.45) is 5.73 Å². The minimum atomic E-state index is 0.421. The SMILES string of the molecule is CCN(c1ccc(C)cc1)c1ccc(CN)nn1. The van der Waals surface area contributed by atoms with Crippen molar-refractivity contribution in [2.45, 2.75) is 20.4 Å². The van der Waals surface area contributed by atoms with Crippen LogP contribution in [0, 0.1) is 6.92 Å². The lowest BCUT2D eigenvalue weighted by Crippen LogP contribution is -2.18. The molecule has 0 spiro atoms. The summed E-state index contributed by atoms with van der Waals surface area (Å²) in [5.41, 5.74) is 8.70. The zero-order chi connectivity index (χ0) is 13.0. The molecule has 2 rings (SSSR count). The van der Waals surface area contributed by atoms with Crippen LogP contribution in [0.25, 0.3) is 0 Å². The second kappa shape index (κ2) is 5.60. The average Bonchev–Trinajstić information content (AvgIpc) is 2.42. The topological polar surface area (TPSA) is 55.0 Å². The molecule has 2 N–H and O–H groups in total. The molecule has 0 saturated heterocycles. The van der Waals surface area contributed by atoms with Gasteiger partial charge in [0.15, 0.2) is 5.82 Å². The molecule has 0 amide bonds. The van der Waals surface area contributed by atoms with E-state index in [1.165, 1.54) is 5.56 Å². The Bertz CT molecular complexity index is 490. The second-order valence-corrected chi connectivity index (χ2v) is 4.17. The Hall–Kier alpha value is -1.94. The number of benzene rings is 1. The summed E-state index contributed by atoms with van der Waals surface area (Å²) in [4.78, 5) is 2.12. The lowest BCUT2D eigenvalue weighted by Gasteiger charge is -2.21. The van der Waals surface area contributed by atoms with Gasteiger partial charge in [0.1, 0.15) is 0 Å². The number of hydrogen-bond donors (Lipinski definition) is 1. The molecule has 0 aliphatic carbocycles. The van der Waals surface area contributed by atoms with Crippen LogP contribution in [0.3, 0.4) is 0 Å². The molecule has 0 saturated carbocycles. The monoisotopic (exact) mass is 242 g/mol. The maximum atomic E-state index is 5.52. The Morgan fingerprint density at radius 3 is 2.28 bits per heavy atom. The molecule has 4 nitrogen and oxygen atoms in total. The van der Waals surface area contributed by atoms with Crippen molar-refractivity contribution in [3.63, 3.8) is 0 Å². The van der Waals surface area contributed by atoms with E-state index in [1.807, 2.05) is 12.1 Å². The smallest absolute Gasteiger partial charge is 0.155 e. The third kappa shape index (κ3) is 2.65. The van der Waals surface area contributed by atoms with E-state index in [0.717, 1.165) is 23.7 Å². The highest BCUT2D eigenvalue weighted by molar-refractivity contribution is 5.59. The van der Waals surface area contributed by atoms with Gasteiger partial charge in [-0.05, 0) is 38.1 Å². The summed E-state index contributed by atoms with van der Waals surface area (Å²) in [6.45, 7) is 5.44. The van der Waals surface area contributed by atoms with Crippen molar-refractivity contribution in [3.8, 4) is 0 Å². The molecule has 0 aliphatic heterocycles. The molecule has 1 aromatic carbocycles. The van der Waals surface area contributed by atoms with Crippen molar-refractivity contribution in [3.05, 3.63) is 47.7 Å². The third-order valence-electron chi connectivity index (χ3n) is 2.85. The quantitative estimate of drug-likeness (QED) is 0.894. The van der Waals surface area contributed by atoms with Gasteiger partial charge in [0.2, 0.25) is 0 Å². The number of anilines is 2. The van der Waals surface area contributed by atoms with Crippen molar-refractivity contribution in [1.82, 2.24) is 10.2 Å². The molecule has 0 aliphatic rings. The summed E-state index contributed by atoms with van der Waals surface area (Å²) in [6.07, 6.45) is 0. The van der Waals surface area contributed by atoms with Gasteiger partial charge in [-0.15, -0.1) is 5.10 Å². The first-order chi connectivity index (χ1) is 8.74. The fourth-order valence-corrected chi connectivity index (χ4v) is 1.81. The molecule has 1 aromatic heterocycles. The van der Waals surface area contributed by atoms with Gasteiger partial charge in [0, 0.05) is 18.8 Å². The van der Waals surface area contributed by atoms with Gasteiger partial charge in [0.05, 0.1) is 5.69 Å². The molecule has 2 aromatic rings. The van der Waals surface area contributed by atoms with Crippen molar-refractivity contribution in [1.29, 1.82) is 0 Å². The van der Waals surface area contributed by atoms with E-state index in [-0.39, 0.29) is 0 Å². The number of hydrogen-bond acceptors (Lipinski definition) is 4. The molecule has 94 valence electrons. The predicted octanol–water partition coefficient (Wildman–Crippen LogP) is 2.40. The van der Waals surface area contributed by atoms with E-state index in [1.54, 1.807) is 0 Å². The van der Waals surface area contributed by atoms with Crippen LogP contribution >= 0.6 is 0 Å². The van der Waals surface area contributed by atoms with Crippen LogP contribution in [0.5, 0.6) is 0 Å². The van der Waals surface area contributed by atoms with Crippen LogP contribution in [0.2, 0.25) is 0 Å². The van der Waals surface area contributed by atoms with Gasteiger partial charge >= 0.3 is 0 Å². The summed E-state index contributed by atoms with van der Waals surface area (Å²) in [5.74, 6) is 0.846. The highest BCUT2D eigenvalue weighted by Gasteiger charge is 2.08. The van der Waals surface area contributed by atoms with Gasteiger partial charge in [0.25, 0.3) is 0 Å². The molecule has 0 radical (unpaired) electrons. The first-order valence-corrected chi connectivity index (χ1v) is 6.11. The standard InChI is InChI=1S/C14H18N4/c1-3-18(13-7-4-11(2)5-8-13)14-9-6-12(10-15)16-17-14/h4-9H,3,10,15H2,1-2H3. The largest absolute Gasteiger partial charge is 0.325 e. The van der Waals surface area contributed by atoms with E-state index in [4.69, 9.17) is 5.73 Å². The van der Waals surface area contributed by atoms with E-state index >= 15 is 0 Å². The van der Waals surface area contributed by atoms with Gasteiger partial charge in [-0.2, -0.15) is 5.10 Å². The highest BCUT2D eigenvalue weighted by Crippen LogP contribution is 2.22. The number of nitrogens with two attached hydrogens (primary N) is 1. The Kier molecular flexibility index (Phi) is 3.89. The third-order valence-corrected chi connectivity index (χ3v) is 2.85. The Morgan fingerprint density at radius 1 is 1.06 bits per heavy atom. The minimum absolute atomic E-state index is 0.421. The van der Waals surface area contributed by atoms with Crippen LogP contribution in [0.1, 0.15) is 18.2 Å². The zero-order valence-electron chi connectivity index (χ0n) is 10.8. The van der Waals surface area contributed by atoms with Gasteiger partial charge in [-0.1, -0.05) is 17.7 Å². The number of nitrogens with zero attached hydrogens (tertiary/aromatic N) is 3. The van der Waals surface area contributed by atoms with Crippen molar-refractivity contribution in [2.75, 3.05) is 11.4 Å². The summed E-state index contributed by atoms with van der Waals surface area (Å²) in [7, 11) is 0. The van der Waals surface area contributed by atoms with E-state index in [0.29, 0.717) is 6.54 Å². The van der Waals surface area contributed by atoms with Crippen molar-refractivity contribution < 1.29 is 0 Å². The molecular formula is C14H18N4. The number of aryl methyl sites for hydroxylation is 1. The Morgan fingerprint density at radius 2 is 1.78 bits per heavy atom. The van der Waals surface area contributed by atoms with E-state index in [9.17, 15) is 0 Å². The maximum absolute atomic E-state index is 5.52. The summed E-state index contributed by atoms with van der Waals surface area (Å²) >= 11 is 0. The van der Waals surface area contributed by atoms with Crippen LogP contribution in [-0.2, 0) is 6.54 Å². The first kappa shape index (κ1) is 12.5. The molecule has 0 fully saturated rings.